The van der Waals surface area contributed by atoms with Gasteiger partial charge in [0.2, 0.25) is 0 Å². The summed E-state index contributed by atoms with van der Waals surface area (Å²) >= 11 is 4.16. The van der Waals surface area contributed by atoms with E-state index in [2.05, 4.69) is 44.5 Å². The molecule has 0 aliphatic heterocycles. The third kappa shape index (κ3) is 5.53. The van der Waals surface area contributed by atoms with Crippen molar-refractivity contribution in [2.45, 2.75) is 0 Å². The second-order valence-electron chi connectivity index (χ2n) is 3.98. The number of nitrogens with one attached hydrogen (secondary N) is 1. The minimum Gasteiger partial charge on any atom is -0.412 e. The van der Waals surface area contributed by atoms with Gasteiger partial charge in [0.15, 0.2) is 5.82 Å². The number of fused-ring (bicyclic) bond motifs is 1. The number of halogens is 3. The summed E-state index contributed by atoms with van der Waals surface area (Å²) in [5.41, 5.74) is 6.75. The van der Waals surface area contributed by atoms with Gasteiger partial charge in [-0.15, -0.1) is 0 Å². The Morgan fingerprint density at radius 2 is 1.67 bits per heavy atom. The predicted molar refractivity (Wildman–Crippen MR) is 109 cm³/mol. The Bertz CT molecular complexity index is 813. The number of aromatic nitrogens is 2. The fraction of sp³-hybridized carbons (Fsp3) is 0. The van der Waals surface area contributed by atoms with E-state index in [1.807, 2.05) is 40.8 Å². The molecule has 128 valence electrons. The van der Waals surface area contributed by atoms with Gasteiger partial charge in [0.1, 0.15) is 17.4 Å². The number of nitrogens with two attached hydrogens (primary N) is 3. The first kappa shape index (κ1) is 22.5. The zero-order chi connectivity index (χ0) is 17.4. The van der Waals surface area contributed by atoms with E-state index in [1.54, 1.807) is 18.2 Å². The van der Waals surface area contributed by atoms with Crippen molar-refractivity contribution >= 4 is 61.9 Å². The molecular weight excluding hydrogens is 541 g/mol. The molecule has 0 aliphatic carbocycles. The lowest BCUT2D eigenvalue weighted by Gasteiger charge is -1.93. The van der Waals surface area contributed by atoms with Crippen LogP contribution in [0, 0.1) is 24.3 Å². The molecule has 1 aromatic heterocycles. The average molecular weight is 556 g/mol. The number of hydrogen-bond acceptors (Lipinski definition) is 5. The first-order valence-electron chi connectivity index (χ1n) is 6.10. The van der Waals surface area contributed by atoms with Crippen molar-refractivity contribution in [2.75, 3.05) is 5.73 Å². The molecule has 0 amide bonds. The molecule has 2 aromatic carbocycles. The summed E-state index contributed by atoms with van der Waals surface area (Å²) in [7, 11) is 0. The van der Waals surface area contributed by atoms with Gasteiger partial charge in [0.05, 0.1) is 10.9 Å². The number of H-pyrrole nitrogens is 1. The Morgan fingerprint density at radius 1 is 1.08 bits per heavy atom. The van der Waals surface area contributed by atoms with Crippen LogP contribution >= 0.6 is 45.2 Å². The van der Waals surface area contributed by atoms with Crippen molar-refractivity contribution in [3.8, 4) is 6.07 Å². The van der Waals surface area contributed by atoms with Crippen LogP contribution in [0.5, 0.6) is 0 Å². The van der Waals surface area contributed by atoms with Crippen molar-refractivity contribution in [1.82, 2.24) is 10.2 Å². The van der Waals surface area contributed by atoms with Crippen LogP contribution in [0.1, 0.15) is 5.56 Å². The first-order valence-corrected chi connectivity index (χ1v) is 8.26. The molecule has 0 bridgehead atoms. The molecule has 0 radical (unpaired) electrons. The molecule has 1 heterocycles. The SMILES string of the molecule is N#Cc1c(F)cccc1I.NN.Nc1n[nH]c2cccc(I)c12.O. The van der Waals surface area contributed by atoms with E-state index < -0.39 is 5.82 Å². The molecule has 3 rings (SSSR count). The minimum absolute atomic E-state index is 0. The molecule has 0 saturated heterocycles. The van der Waals surface area contributed by atoms with Gasteiger partial charge in [0.25, 0.3) is 0 Å². The number of nitriles is 1. The third-order valence-corrected chi connectivity index (χ3v) is 4.44. The monoisotopic (exact) mass is 556 g/mol. The summed E-state index contributed by atoms with van der Waals surface area (Å²) in [5, 5.41) is 16.2. The predicted octanol–water partition coefficient (Wildman–Crippen LogP) is 2.05. The molecule has 0 fully saturated rings. The summed E-state index contributed by atoms with van der Waals surface area (Å²) < 4.78 is 14.4. The maximum absolute atomic E-state index is 12.6. The number of hydrogen-bond donors (Lipinski definition) is 4. The quantitative estimate of drug-likeness (QED) is 0.189. The van der Waals surface area contributed by atoms with Crippen molar-refractivity contribution in [3.63, 3.8) is 0 Å². The normalized spacial score (nSPS) is 8.83. The molecule has 0 aliphatic rings. The standard InChI is InChI=1S/C7H3FIN.C7H6IN3.H4N2.H2O/c8-6-2-1-3-7(9)5(6)4-10;8-4-2-1-3-5-6(4)7(9)11-10-5;1-2;/h1-3H;1-3H,(H3,9,10,11);1-2H2;1H2. The zero-order valence-corrected chi connectivity index (χ0v) is 16.5. The van der Waals surface area contributed by atoms with Gasteiger partial charge in [-0.2, -0.15) is 10.4 Å². The molecule has 3 aromatic rings. The summed E-state index contributed by atoms with van der Waals surface area (Å²) in [4.78, 5) is 0. The lowest BCUT2D eigenvalue weighted by Crippen LogP contribution is -2.02. The van der Waals surface area contributed by atoms with Crippen LogP contribution in [-0.2, 0) is 0 Å². The number of benzene rings is 2. The van der Waals surface area contributed by atoms with E-state index in [0.717, 1.165) is 14.5 Å². The molecule has 10 heteroatoms. The maximum atomic E-state index is 12.6. The van der Waals surface area contributed by atoms with Crippen LogP contribution < -0.4 is 17.4 Å². The molecule has 0 unspecified atom stereocenters. The van der Waals surface area contributed by atoms with E-state index in [9.17, 15) is 4.39 Å². The molecule has 0 saturated carbocycles. The van der Waals surface area contributed by atoms with Crippen molar-refractivity contribution < 1.29 is 9.87 Å². The number of hydrazine groups is 1. The number of anilines is 1. The summed E-state index contributed by atoms with van der Waals surface area (Å²) in [6.45, 7) is 0. The highest BCUT2D eigenvalue weighted by Gasteiger charge is 2.04. The molecule has 24 heavy (non-hydrogen) atoms. The van der Waals surface area contributed by atoms with Gasteiger partial charge >= 0.3 is 0 Å². The number of aromatic amines is 1. The van der Waals surface area contributed by atoms with Crippen molar-refractivity contribution in [1.29, 1.82) is 5.26 Å². The van der Waals surface area contributed by atoms with E-state index in [0.29, 0.717) is 9.39 Å². The van der Waals surface area contributed by atoms with Crippen LogP contribution in [0.2, 0.25) is 0 Å². The van der Waals surface area contributed by atoms with Crippen LogP contribution in [0.15, 0.2) is 36.4 Å². The molecular formula is C14H15FI2N6O. The van der Waals surface area contributed by atoms with Crippen LogP contribution in [0.3, 0.4) is 0 Å². The summed E-state index contributed by atoms with van der Waals surface area (Å²) in [6.07, 6.45) is 0. The van der Waals surface area contributed by atoms with Crippen LogP contribution in [0.25, 0.3) is 10.9 Å². The Labute approximate surface area is 164 Å². The van der Waals surface area contributed by atoms with E-state index in [-0.39, 0.29) is 11.0 Å². The number of rotatable bonds is 0. The third-order valence-electron chi connectivity index (χ3n) is 2.64. The zero-order valence-electron chi connectivity index (χ0n) is 12.2. The van der Waals surface area contributed by atoms with Gasteiger partial charge in [0, 0.05) is 7.14 Å². The van der Waals surface area contributed by atoms with Gasteiger partial charge < -0.3 is 11.2 Å². The highest BCUT2D eigenvalue weighted by Crippen LogP contribution is 2.23. The molecule has 7 nitrogen and oxygen atoms in total. The van der Waals surface area contributed by atoms with E-state index >= 15 is 0 Å². The second-order valence-corrected chi connectivity index (χ2v) is 6.30. The topological polar surface area (TPSA) is 162 Å². The highest BCUT2D eigenvalue weighted by molar-refractivity contribution is 14.1. The molecule has 9 N–H and O–H groups in total. The van der Waals surface area contributed by atoms with Gasteiger partial charge in [-0.1, -0.05) is 12.1 Å². The fourth-order valence-corrected chi connectivity index (χ4v) is 3.02. The Kier molecular flexibility index (Phi) is 10.4. The van der Waals surface area contributed by atoms with Gasteiger partial charge in [-0.05, 0) is 69.4 Å². The lowest BCUT2D eigenvalue weighted by atomic mass is 10.2. The lowest BCUT2D eigenvalue weighted by molar-refractivity contribution is 0.623. The maximum Gasteiger partial charge on any atom is 0.154 e. The number of nitrogen functional groups attached to an aromatic ring is 1. The highest BCUT2D eigenvalue weighted by atomic mass is 127. The Morgan fingerprint density at radius 3 is 2.17 bits per heavy atom. The largest absolute Gasteiger partial charge is 0.412 e. The Balaban J connectivity index is 0.000000387. The fourth-order valence-electron chi connectivity index (χ4n) is 1.66. The van der Waals surface area contributed by atoms with E-state index in [4.69, 9.17) is 11.0 Å². The van der Waals surface area contributed by atoms with Gasteiger partial charge in [-0.3, -0.25) is 16.8 Å². The smallest absolute Gasteiger partial charge is 0.154 e. The van der Waals surface area contributed by atoms with Crippen LogP contribution in [-0.4, -0.2) is 15.7 Å². The van der Waals surface area contributed by atoms with Gasteiger partial charge in [-0.25, -0.2) is 4.39 Å². The average Bonchev–Trinajstić information content (AvgIpc) is 2.93. The van der Waals surface area contributed by atoms with Crippen molar-refractivity contribution in [3.05, 3.63) is 54.9 Å². The van der Waals surface area contributed by atoms with E-state index in [1.165, 1.54) is 6.07 Å². The molecule has 0 spiro atoms. The summed E-state index contributed by atoms with van der Waals surface area (Å²) in [6, 6.07) is 12.3. The second kappa shape index (κ2) is 11.1. The Hall–Kier alpha value is -1.53. The molecule has 0 atom stereocenters. The van der Waals surface area contributed by atoms with Crippen molar-refractivity contribution in [2.24, 2.45) is 11.7 Å². The number of nitrogens with zero attached hydrogens (tertiary/aromatic N) is 2. The summed E-state index contributed by atoms with van der Waals surface area (Å²) in [5.74, 6) is 8.12. The first-order chi connectivity index (χ1) is 11.0. The van der Waals surface area contributed by atoms with Crippen LogP contribution in [0.4, 0.5) is 10.2 Å². The minimum atomic E-state index is -0.450.